The van der Waals surface area contributed by atoms with E-state index in [-0.39, 0.29) is 0 Å². The maximum absolute atomic E-state index is 5.78. The van der Waals surface area contributed by atoms with Crippen LogP contribution in [-0.2, 0) is 8.85 Å². The van der Waals surface area contributed by atoms with E-state index in [2.05, 4.69) is 27.7 Å². The van der Waals surface area contributed by atoms with E-state index in [0.29, 0.717) is 0 Å². The molecule has 0 amide bonds. The van der Waals surface area contributed by atoms with Crippen LogP contribution >= 0.6 is 0 Å². The van der Waals surface area contributed by atoms with E-state index in [1.807, 2.05) is 0 Å². The zero-order chi connectivity index (χ0) is 10.8. The first-order valence-electron chi connectivity index (χ1n) is 5.97. The highest BCUT2D eigenvalue weighted by atomic mass is 28.3. The minimum Gasteiger partial charge on any atom is -0.397 e. The molecule has 0 N–H and O–H groups in total. The molecule has 0 spiro atoms. The molecule has 0 aromatic carbocycles. The van der Waals surface area contributed by atoms with Gasteiger partial charge in [0.1, 0.15) is 0 Å². The molecular weight excluding hydrogens is 192 g/mol. The van der Waals surface area contributed by atoms with Crippen molar-refractivity contribution in [1.82, 2.24) is 0 Å². The second kappa shape index (κ2) is 9.68. The first kappa shape index (κ1) is 14.1. The molecule has 1 unspecified atom stereocenters. The van der Waals surface area contributed by atoms with Gasteiger partial charge in [-0.3, -0.25) is 0 Å². The molecule has 0 fully saturated rings. The zero-order valence-electron chi connectivity index (χ0n) is 10.2. The molecule has 1 atom stereocenters. The molecule has 3 heteroatoms. The third-order valence-electron chi connectivity index (χ3n) is 2.31. The summed E-state index contributed by atoms with van der Waals surface area (Å²) >= 11 is 0. The molecule has 0 heterocycles. The highest BCUT2D eigenvalue weighted by Gasteiger charge is 2.15. The molecule has 0 saturated heterocycles. The van der Waals surface area contributed by atoms with Gasteiger partial charge in [0.25, 0.3) is 0 Å². The SMILES string of the molecule is CCCO[SiH](CC(C)CC)OCCC. The van der Waals surface area contributed by atoms with Crippen molar-refractivity contribution in [2.75, 3.05) is 13.2 Å². The quantitative estimate of drug-likeness (QED) is 0.554. The topological polar surface area (TPSA) is 18.5 Å². The zero-order valence-corrected chi connectivity index (χ0v) is 11.4. The minimum atomic E-state index is -1.34. The lowest BCUT2D eigenvalue weighted by Gasteiger charge is -2.18. The van der Waals surface area contributed by atoms with E-state index >= 15 is 0 Å². The van der Waals surface area contributed by atoms with Crippen LogP contribution in [0.5, 0.6) is 0 Å². The smallest absolute Gasteiger partial charge is 0.321 e. The highest BCUT2D eigenvalue weighted by Crippen LogP contribution is 2.12. The van der Waals surface area contributed by atoms with Crippen molar-refractivity contribution in [3.05, 3.63) is 0 Å². The van der Waals surface area contributed by atoms with Crippen LogP contribution < -0.4 is 0 Å². The van der Waals surface area contributed by atoms with Gasteiger partial charge in [0.05, 0.1) is 0 Å². The van der Waals surface area contributed by atoms with Crippen molar-refractivity contribution in [3.8, 4) is 0 Å². The number of rotatable bonds is 9. The van der Waals surface area contributed by atoms with Crippen LogP contribution in [0.1, 0.15) is 47.0 Å². The maximum atomic E-state index is 5.78. The molecule has 0 aliphatic heterocycles. The predicted molar refractivity (Wildman–Crippen MR) is 63.9 cm³/mol. The second-order valence-electron chi connectivity index (χ2n) is 3.92. The van der Waals surface area contributed by atoms with Crippen LogP contribution in [-0.4, -0.2) is 22.5 Å². The molecule has 0 aliphatic rings. The molecule has 0 bridgehead atoms. The summed E-state index contributed by atoms with van der Waals surface area (Å²) in [7, 11) is -1.34. The average molecular weight is 218 g/mol. The van der Waals surface area contributed by atoms with Crippen molar-refractivity contribution in [3.63, 3.8) is 0 Å². The normalized spacial score (nSPS) is 13.5. The van der Waals surface area contributed by atoms with E-state index in [0.717, 1.165) is 38.0 Å². The van der Waals surface area contributed by atoms with Crippen molar-refractivity contribution in [2.24, 2.45) is 5.92 Å². The molecule has 0 aliphatic carbocycles. The lowest BCUT2D eigenvalue weighted by Crippen LogP contribution is -2.26. The van der Waals surface area contributed by atoms with Gasteiger partial charge in [-0.15, -0.1) is 0 Å². The van der Waals surface area contributed by atoms with Gasteiger partial charge >= 0.3 is 9.28 Å². The lowest BCUT2D eigenvalue weighted by atomic mass is 10.2. The third-order valence-corrected chi connectivity index (χ3v) is 4.71. The van der Waals surface area contributed by atoms with Gasteiger partial charge < -0.3 is 8.85 Å². The van der Waals surface area contributed by atoms with Crippen LogP contribution in [0.25, 0.3) is 0 Å². The average Bonchev–Trinajstić information content (AvgIpc) is 2.21. The summed E-state index contributed by atoms with van der Waals surface area (Å²) in [4.78, 5) is 0. The van der Waals surface area contributed by atoms with E-state index < -0.39 is 9.28 Å². The Morgan fingerprint density at radius 1 is 1.00 bits per heavy atom. The molecule has 0 aromatic rings. The summed E-state index contributed by atoms with van der Waals surface area (Å²) < 4.78 is 11.6. The van der Waals surface area contributed by atoms with Crippen molar-refractivity contribution < 1.29 is 8.85 Å². The Kier molecular flexibility index (Phi) is 9.78. The molecule has 0 saturated carbocycles. The van der Waals surface area contributed by atoms with Crippen LogP contribution in [0.15, 0.2) is 0 Å². The third kappa shape index (κ3) is 7.53. The second-order valence-corrected chi connectivity index (χ2v) is 5.92. The van der Waals surface area contributed by atoms with Gasteiger partial charge in [-0.05, 0) is 24.8 Å². The Balaban J connectivity index is 3.71. The van der Waals surface area contributed by atoms with Crippen LogP contribution in [0, 0.1) is 5.92 Å². The summed E-state index contributed by atoms with van der Waals surface area (Å²) in [5.74, 6) is 0.750. The molecular formula is C11H26O2Si. The summed E-state index contributed by atoms with van der Waals surface area (Å²) in [5, 5.41) is 0. The van der Waals surface area contributed by atoms with Gasteiger partial charge in [0, 0.05) is 13.2 Å². The Morgan fingerprint density at radius 2 is 1.50 bits per heavy atom. The molecule has 2 nitrogen and oxygen atoms in total. The van der Waals surface area contributed by atoms with Crippen LogP contribution in [0.4, 0.5) is 0 Å². The summed E-state index contributed by atoms with van der Waals surface area (Å²) in [6.45, 7) is 10.6. The fraction of sp³-hybridized carbons (Fsp3) is 1.00. The summed E-state index contributed by atoms with van der Waals surface area (Å²) in [5.41, 5.74) is 0. The van der Waals surface area contributed by atoms with Gasteiger partial charge in [0.2, 0.25) is 0 Å². The Hall–Kier alpha value is 0.137. The Bertz CT molecular complexity index is 112. The predicted octanol–water partition coefficient (Wildman–Crippen LogP) is 3.11. The van der Waals surface area contributed by atoms with Gasteiger partial charge in [-0.1, -0.05) is 34.1 Å². The first-order chi connectivity index (χ1) is 6.74. The van der Waals surface area contributed by atoms with E-state index in [1.165, 1.54) is 6.42 Å². The van der Waals surface area contributed by atoms with E-state index in [1.54, 1.807) is 0 Å². The monoisotopic (exact) mass is 218 g/mol. The van der Waals surface area contributed by atoms with Crippen LogP contribution in [0.2, 0.25) is 6.04 Å². The molecule has 0 radical (unpaired) electrons. The standard InChI is InChI=1S/C11H26O2Si/c1-5-8-12-14(13-9-6-2)10-11(4)7-3/h11,14H,5-10H2,1-4H3. The molecule has 86 valence electrons. The van der Waals surface area contributed by atoms with E-state index in [4.69, 9.17) is 8.85 Å². The Morgan fingerprint density at radius 3 is 1.86 bits per heavy atom. The first-order valence-corrected chi connectivity index (χ1v) is 7.73. The molecule has 14 heavy (non-hydrogen) atoms. The van der Waals surface area contributed by atoms with E-state index in [9.17, 15) is 0 Å². The van der Waals surface area contributed by atoms with Crippen molar-refractivity contribution in [1.29, 1.82) is 0 Å². The van der Waals surface area contributed by atoms with Crippen LogP contribution in [0.3, 0.4) is 0 Å². The molecule has 0 aromatic heterocycles. The lowest BCUT2D eigenvalue weighted by molar-refractivity contribution is 0.192. The summed E-state index contributed by atoms with van der Waals surface area (Å²) in [6.07, 6.45) is 3.42. The number of hydrogen-bond donors (Lipinski definition) is 0. The fourth-order valence-electron chi connectivity index (χ4n) is 1.18. The van der Waals surface area contributed by atoms with Gasteiger partial charge in [-0.2, -0.15) is 0 Å². The van der Waals surface area contributed by atoms with Crippen molar-refractivity contribution >= 4 is 9.28 Å². The summed E-state index contributed by atoms with van der Waals surface area (Å²) in [6, 6.07) is 1.16. The minimum absolute atomic E-state index is 0.750. The largest absolute Gasteiger partial charge is 0.397 e. The van der Waals surface area contributed by atoms with Crippen molar-refractivity contribution in [2.45, 2.75) is 53.0 Å². The molecule has 0 rings (SSSR count). The Labute approximate surface area is 90.8 Å². The number of hydrogen-bond acceptors (Lipinski definition) is 2. The van der Waals surface area contributed by atoms with Gasteiger partial charge in [-0.25, -0.2) is 0 Å². The fourth-order valence-corrected chi connectivity index (χ4v) is 3.53. The maximum Gasteiger partial charge on any atom is 0.321 e. The highest BCUT2D eigenvalue weighted by molar-refractivity contribution is 6.44. The van der Waals surface area contributed by atoms with Gasteiger partial charge in [0.15, 0.2) is 0 Å².